The number of halogens is 1. The van der Waals surface area contributed by atoms with Crippen LogP contribution < -0.4 is 5.32 Å². The van der Waals surface area contributed by atoms with Gasteiger partial charge in [-0.2, -0.15) is 0 Å². The molecule has 0 bridgehead atoms. The molecule has 0 heterocycles. The van der Waals surface area contributed by atoms with Gasteiger partial charge in [-0.25, -0.2) is 4.79 Å². The van der Waals surface area contributed by atoms with Gasteiger partial charge < -0.3 is 10.4 Å². The fraction of sp³-hybridized carbons (Fsp3) is 0.133. The van der Waals surface area contributed by atoms with Crippen molar-refractivity contribution < 1.29 is 9.90 Å². The van der Waals surface area contributed by atoms with Crippen molar-refractivity contribution in [1.29, 1.82) is 0 Å². The first-order valence-corrected chi connectivity index (χ1v) is 7.40. The maximum atomic E-state index is 11.2. The molecule has 0 radical (unpaired) electrons. The lowest BCUT2D eigenvalue weighted by Crippen LogP contribution is -2.03. The van der Waals surface area contributed by atoms with Crippen molar-refractivity contribution in [2.75, 3.05) is 5.32 Å². The first kappa shape index (κ1) is 13.9. The zero-order valence-corrected chi connectivity index (χ0v) is 12.6. The molecule has 2 aromatic rings. The van der Waals surface area contributed by atoms with Gasteiger partial charge in [-0.3, -0.25) is 0 Å². The normalized spacial score (nSPS) is 10.2. The number of carboxylic acid groups (broad SMARTS) is 1. The number of nitrogens with one attached hydrogen (secondary N) is 1. The summed E-state index contributed by atoms with van der Waals surface area (Å²) in [4.78, 5) is 11.2. The molecule has 0 unspecified atom stereocenters. The minimum atomic E-state index is -0.925. The van der Waals surface area contributed by atoms with Crippen molar-refractivity contribution >= 4 is 39.9 Å². The Hall–Kier alpha value is -1.56. The van der Waals surface area contributed by atoms with E-state index in [0.29, 0.717) is 5.69 Å². The van der Waals surface area contributed by atoms with E-state index in [1.54, 1.807) is 18.2 Å². The maximum absolute atomic E-state index is 11.2. The number of alkyl halides is 1. The molecule has 98 valence electrons. The molecular formula is C15H14INO2. The highest BCUT2D eigenvalue weighted by Gasteiger charge is 2.10. The fourth-order valence-corrected chi connectivity index (χ4v) is 2.71. The summed E-state index contributed by atoms with van der Waals surface area (Å²) in [5, 5.41) is 12.4. The molecule has 0 saturated carbocycles. The molecular weight excluding hydrogens is 353 g/mol. The van der Waals surface area contributed by atoms with Crippen molar-refractivity contribution in [2.45, 2.75) is 11.4 Å². The van der Waals surface area contributed by atoms with Gasteiger partial charge in [-0.15, -0.1) is 0 Å². The van der Waals surface area contributed by atoms with Gasteiger partial charge in [-0.05, 0) is 36.2 Å². The van der Waals surface area contributed by atoms with Crippen molar-refractivity contribution in [1.82, 2.24) is 0 Å². The third kappa shape index (κ3) is 3.07. The molecule has 0 aromatic heterocycles. The van der Waals surface area contributed by atoms with Gasteiger partial charge >= 0.3 is 5.97 Å². The number of hydrogen-bond acceptors (Lipinski definition) is 2. The highest BCUT2D eigenvalue weighted by Crippen LogP contribution is 2.26. The number of rotatable bonds is 4. The number of hydrogen-bond donors (Lipinski definition) is 2. The lowest BCUT2D eigenvalue weighted by Gasteiger charge is -2.13. The predicted octanol–water partition coefficient (Wildman–Crippen LogP) is 4.37. The summed E-state index contributed by atoms with van der Waals surface area (Å²) in [6.45, 7) is 2.04. The Kier molecular flexibility index (Phi) is 4.42. The third-order valence-electron chi connectivity index (χ3n) is 3.02. The van der Waals surface area contributed by atoms with Crippen LogP contribution in [0.4, 0.5) is 11.4 Å². The molecule has 0 spiro atoms. The molecule has 0 aliphatic rings. The SMILES string of the molecule is Cc1c(CI)cccc1Nc1ccccc1C(=O)O. The van der Waals surface area contributed by atoms with Crippen LogP contribution in [0.1, 0.15) is 21.5 Å². The van der Waals surface area contributed by atoms with Crippen LogP contribution in [-0.4, -0.2) is 11.1 Å². The van der Waals surface area contributed by atoms with Gasteiger partial charge in [-0.1, -0.05) is 46.9 Å². The minimum absolute atomic E-state index is 0.279. The highest BCUT2D eigenvalue weighted by atomic mass is 127. The summed E-state index contributed by atoms with van der Waals surface area (Å²) in [7, 11) is 0. The van der Waals surface area contributed by atoms with Gasteiger partial charge in [0.2, 0.25) is 0 Å². The van der Waals surface area contributed by atoms with E-state index in [2.05, 4.69) is 34.0 Å². The fourth-order valence-electron chi connectivity index (χ4n) is 1.89. The second-order valence-electron chi connectivity index (χ2n) is 4.20. The quantitative estimate of drug-likeness (QED) is 0.623. The van der Waals surface area contributed by atoms with E-state index in [0.717, 1.165) is 15.7 Å². The van der Waals surface area contributed by atoms with Crippen LogP contribution in [0.25, 0.3) is 0 Å². The van der Waals surface area contributed by atoms with Gasteiger partial charge in [0, 0.05) is 10.1 Å². The average Bonchev–Trinajstić information content (AvgIpc) is 2.41. The number of anilines is 2. The van der Waals surface area contributed by atoms with E-state index >= 15 is 0 Å². The third-order valence-corrected chi connectivity index (χ3v) is 3.84. The van der Waals surface area contributed by atoms with Gasteiger partial charge in [0.05, 0.1) is 11.3 Å². The van der Waals surface area contributed by atoms with Crippen LogP contribution >= 0.6 is 22.6 Å². The van der Waals surface area contributed by atoms with Crippen LogP contribution in [0.2, 0.25) is 0 Å². The van der Waals surface area contributed by atoms with Crippen molar-refractivity contribution in [3.63, 3.8) is 0 Å². The van der Waals surface area contributed by atoms with E-state index in [4.69, 9.17) is 0 Å². The van der Waals surface area contributed by atoms with Crippen LogP contribution in [0.5, 0.6) is 0 Å². The van der Waals surface area contributed by atoms with Crippen LogP contribution in [0.15, 0.2) is 42.5 Å². The van der Waals surface area contributed by atoms with Crippen LogP contribution in [-0.2, 0) is 4.43 Å². The number of carbonyl (C=O) groups is 1. The highest BCUT2D eigenvalue weighted by molar-refractivity contribution is 14.1. The summed E-state index contributed by atoms with van der Waals surface area (Å²) in [5.41, 5.74) is 4.24. The molecule has 19 heavy (non-hydrogen) atoms. The molecule has 2 rings (SSSR count). The second-order valence-corrected chi connectivity index (χ2v) is 4.96. The topological polar surface area (TPSA) is 49.3 Å². The predicted molar refractivity (Wildman–Crippen MR) is 85.6 cm³/mol. The van der Waals surface area contributed by atoms with E-state index in [-0.39, 0.29) is 5.56 Å². The standard InChI is InChI=1S/C15H14INO2/c1-10-11(9-16)5-4-8-13(10)17-14-7-3-2-6-12(14)15(18)19/h2-8,17H,9H2,1H3,(H,18,19). The van der Waals surface area contributed by atoms with Crippen molar-refractivity contribution in [3.05, 3.63) is 59.2 Å². The Morgan fingerprint density at radius 2 is 1.84 bits per heavy atom. The lowest BCUT2D eigenvalue weighted by molar-refractivity contribution is 0.0698. The zero-order valence-electron chi connectivity index (χ0n) is 10.5. The summed E-state index contributed by atoms with van der Waals surface area (Å²) in [6, 6.07) is 12.9. The molecule has 2 aromatic carbocycles. The Bertz CT molecular complexity index is 611. The molecule has 0 saturated heterocycles. The number of aromatic carboxylic acids is 1. The summed E-state index contributed by atoms with van der Waals surface area (Å²) >= 11 is 2.32. The first-order valence-electron chi connectivity index (χ1n) is 5.87. The Labute approximate surface area is 125 Å². The van der Waals surface area contributed by atoms with Gasteiger partial charge in [0.15, 0.2) is 0 Å². The number of benzene rings is 2. The zero-order chi connectivity index (χ0) is 13.8. The number of para-hydroxylation sites is 1. The summed E-state index contributed by atoms with van der Waals surface area (Å²) in [6.07, 6.45) is 0. The van der Waals surface area contributed by atoms with Gasteiger partial charge in [0.25, 0.3) is 0 Å². The Balaban J connectivity index is 2.39. The molecule has 4 heteroatoms. The molecule has 2 N–H and O–H groups in total. The lowest BCUT2D eigenvalue weighted by atomic mass is 10.1. The molecule has 0 atom stereocenters. The van der Waals surface area contributed by atoms with Crippen molar-refractivity contribution in [2.24, 2.45) is 0 Å². The van der Waals surface area contributed by atoms with Crippen molar-refractivity contribution in [3.8, 4) is 0 Å². The summed E-state index contributed by atoms with van der Waals surface area (Å²) in [5.74, 6) is -0.925. The average molecular weight is 367 g/mol. The second kappa shape index (κ2) is 6.06. The molecule has 0 fully saturated rings. The Morgan fingerprint density at radius 1 is 1.16 bits per heavy atom. The molecule has 0 amide bonds. The number of carboxylic acids is 1. The Morgan fingerprint density at radius 3 is 2.53 bits per heavy atom. The molecule has 3 nitrogen and oxygen atoms in total. The molecule has 0 aliphatic carbocycles. The van der Waals surface area contributed by atoms with Gasteiger partial charge in [0.1, 0.15) is 0 Å². The first-order chi connectivity index (χ1) is 9.13. The molecule has 0 aliphatic heterocycles. The minimum Gasteiger partial charge on any atom is -0.478 e. The largest absolute Gasteiger partial charge is 0.478 e. The maximum Gasteiger partial charge on any atom is 0.337 e. The monoisotopic (exact) mass is 367 g/mol. The smallest absolute Gasteiger partial charge is 0.337 e. The van der Waals surface area contributed by atoms with Crippen LogP contribution in [0, 0.1) is 6.92 Å². The van der Waals surface area contributed by atoms with Crippen LogP contribution in [0.3, 0.4) is 0 Å². The van der Waals surface area contributed by atoms with E-state index in [9.17, 15) is 9.90 Å². The summed E-state index contributed by atoms with van der Waals surface area (Å²) < 4.78 is 0.930. The van der Waals surface area contributed by atoms with E-state index < -0.39 is 5.97 Å². The van der Waals surface area contributed by atoms with E-state index in [1.165, 1.54) is 5.56 Å². The van der Waals surface area contributed by atoms with E-state index in [1.807, 2.05) is 25.1 Å².